The second-order valence-electron chi connectivity index (χ2n) is 4.99. The third-order valence-corrected chi connectivity index (χ3v) is 4.08. The first-order valence-electron chi connectivity index (χ1n) is 6.75. The van der Waals surface area contributed by atoms with E-state index >= 15 is 0 Å². The van der Waals surface area contributed by atoms with Crippen LogP contribution in [0.15, 0.2) is 6.07 Å². The first kappa shape index (κ1) is 16.0. The highest BCUT2D eigenvalue weighted by Crippen LogP contribution is 2.34. The number of rotatable bonds is 5. The van der Waals surface area contributed by atoms with Crippen molar-refractivity contribution < 1.29 is 9.53 Å². The van der Waals surface area contributed by atoms with Gasteiger partial charge in [0.1, 0.15) is 0 Å². The highest BCUT2D eigenvalue weighted by molar-refractivity contribution is 6.21. The van der Waals surface area contributed by atoms with Gasteiger partial charge in [-0.05, 0) is 68.9 Å². The van der Waals surface area contributed by atoms with Gasteiger partial charge in [0, 0.05) is 6.42 Å². The van der Waals surface area contributed by atoms with Gasteiger partial charge in [0.25, 0.3) is 0 Å². The van der Waals surface area contributed by atoms with E-state index in [1.807, 2.05) is 6.92 Å². The molecule has 0 radical (unpaired) electrons. The van der Waals surface area contributed by atoms with Crippen LogP contribution in [0.2, 0.25) is 0 Å². The Hall–Kier alpha value is -1.02. The van der Waals surface area contributed by atoms with Crippen molar-refractivity contribution in [1.82, 2.24) is 0 Å². The lowest BCUT2D eigenvalue weighted by Gasteiger charge is -2.19. The summed E-state index contributed by atoms with van der Waals surface area (Å²) in [4.78, 5) is 11.4. The van der Waals surface area contributed by atoms with E-state index in [9.17, 15) is 4.79 Å². The molecule has 0 fully saturated rings. The summed E-state index contributed by atoms with van der Waals surface area (Å²) in [5.41, 5.74) is 6.13. The number of aryl methyl sites for hydroxylation is 2. The Labute approximate surface area is 121 Å². The first-order valence-corrected chi connectivity index (χ1v) is 7.19. The Morgan fingerprint density at radius 2 is 1.74 bits per heavy atom. The number of hydrogen-bond acceptors (Lipinski definition) is 2. The molecule has 3 heteroatoms. The predicted octanol–water partition coefficient (Wildman–Crippen LogP) is 4.54. The summed E-state index contributed by atoms with van der Waals surface area (Å²) in [5, 5.41) is -0.136. The maximum atomic E-state index is 11.4. The van der Waals surface area contributed by atoms with Crippen LogP contribution in [0.5, 0.6) is 0 Å². The van der Waals surface area contributed by atoms with Crippen LogP contribution in [0.4, 0.5) is 0 Å². The van der Waals surface area contributed by atoms with Crippen molar-refractivity contribution in [2.24, 2.45) is 0 Å². The molecule has 0 aromatic heterocycles. The summed E-state index contributed by atoms with van der Waals surface area (Å²) in [6, 6.07) is 2.18. The molecule has 1 rings (SSSR count). The van der Waals surface area contributed by atoms with Crippen LogP contribution < -0.4 is 0 Å². The van der Waals surface area contributed by atoms with E-state index in [-0.39, 0.29) is 11.3 Å². The average Bonchev–Trinajstić information content (AvgIpc) is 2.35. The maximum Gasteiger partial charge on any atom is 0.305 e. The monoisotopic (exact) mass is 282 g/mol. The van der Waals surface area contributed by atoms with Gasteiger partial charge in [-0.3, -0.25) is 4.79 Å². The van der Waals surface area contributed by atoms with E-state index in [4.69, 9.17) is 16.3 Å². The predicted molar refractivity (Wildman–Crippen MR) is 79.9 cm³/mol. The maximum absolute atomic E-state index is 11.4. The number of esters is 1. The second-order valence-corrected chi connectivity index (χ2v) is 5.51. The summed E-state index contributed by atoms with van der Waals surface area (Å²) >= 11 is 6.50. The van der Waals surface area contributed by atoms with Crippen LogP contribution in [0.1, 0.15) is 53.0 Å². The molecule has 0 saturated carbocycles. The van der Waals surface area contributed by atoms with Gasteiger partial charge in [0.2, 0.25) is 0 Å². The first-order chi connectivity index (χ1) is 8.88. The lowest BCUT2D eigenvalue weighted by Crippen LogP contribution is -2.07. The van der Waals surface area contributed by atoms with E-state index in [1.54, 1.807) is 0 Å². The Balaban J connectivity index is 2.88. The lowest BCUT2D eigenvalue weighted by molar-refractivity contribution is -0.143. The normalized spacial score (nSPS) is 12.3. The molecule has 2 nitrogen and oxygen atoms in total. The SMILES string of the molecule is CCOC(=O)CCC(Cl)c1c(C)c(C)cc(C)c1C. The van der Waals surface area contributed by atoms with E-state index in [0.29, 0.717) is 19.4 Å². The highest BCUT2D eigenvalue weighted by atomic mass is 35.5. The van der Waals surface area contributed by atoms with Gasteiger partial charge >= 0.3 is 5.97 Å². The summed E-state index contributed by atoms with van der Waals surface area (Å²) < 4.78 is 4.94. The molecule has 0 N–H and O–H groups in total. The molecule has 0 aliphatic heterocycles. The van der Waals surface area contributed by atoms with Crippen LogP contribution in [0.3, 0.4) is 0 Å². The second kappa shape index (κ2) is 6.95. The zero-order chi connectivity index (χ0) is 14.6. The third-order valence-electron chi connectivity index (χ3n) is 3.64. The number of ether oxygens (including phenoxy) is 1. The van der Waals surface area contributed by atoms with Crippen LogP contribution in [0, 0.1) is 27.7 Å². The van der Waals surface area contributed by atoms with E-state index in [1.165, 1.54) is 27.8 Å². The molecule has 0 aliphatic rings. The molecule has 1 aromatic rings. The lowest BCUT2D eigenvalue weighted by atomic mass is 9.91. The average molecular weight is 283 g/mol. The molecule has 0 heterocycles. The van der Waals surface area contributed by atoms with Crippen LogP contribution in [-0.4, -0.2) is 12.6 Å². The van der Waals surface area contributed by atoms with Gasteiger partial charge in [0.05, 0.1) is 12.0 Å². The zero-order valence-electron chi connectivity index (χ0n) is 12.5. The molecule has 19 heavy (non-hydrogen) atoms. The molecule has 0 saturated heterocycles. The molecule has 1 unspecified atom stereocenters. The molecule has 0 amide bonds. The minimum absolute atomic E-state index is 0.136. The molecule has 0 aliphatic carbocycles. The minimum Gasteiger partial charge on any atom is -0.466 e. The van der Waals surface area contributed by atoms with Crippen molar-refractivity contribution in [3.63, 3.8) is 0 Å². The van der Waals surface area contributed by atoms with Gasteiger partial charge in [0.15, 0.2) is 0 Å². The molecule has 106 valence electrons. The molecule has 1 aromatic carbocycles. The molecule has 0 bridgehead atoms. The van der Waals surface area contributed by atoms with Crippen molar-refractivity contribution in [3.8, 4) is 0 Å². The molecular weight excluding hydrogens is 260 g/mol. The number of carbonyl (C=O) groups is 1. The fourth-order valence-corrected chi connectivity index (χ4v) is 2.78. The van der Waals surface area contributed by atoms with Gasteiger partial charge in [-0.2, -0.15) is 0 Å². The number of benzene rings is 1. The van der Waals surface area contributed by atoms with Crippen LogP contribution in [0.25, 0.3) is 0 Å². The number of carbonyl (C=O) groups excluding carboxylic acids is 1. The Morgan fingerprint density at radius 1 is 1.21 bits per heavy atom. The standard InChI is InChI=1S/C16H23ClO2/c1-6-19-15(18)8-7-14(17)16-12(4)10(2)9-11(3)13(16)5/h9,14H,6-8H2,1-5H3. The molecule has 0 spiro atoms. The highest BCUT2D eigenvalue weighted by Gasteiger charge is 2.18. The fraction of sp³-hybridized carbons (Fsp3) is 0.562. The van der Waals surface area contributed by atoms with Crippen molar-refractivity contribution in [3.05, 3.63) is 33.9 Å². The van der Waals surface area contributed by atoms with Gasteiger partial charge in [-0.15, -0.1) is 11.6 Å². The van der Waals surface area contributed by atoms with Crippen LogP contribution in [-0.2, 0) is 9.53 Å². The Morgan fingerprint density at radius 3 is 2.21 bits per heavy atom. The van der Waals surface area contributed by atoms with Gasteiger partial charge in [-0.1, -0.05) is 6.07 Å². The van der Waals surface area contributed by atoms with Gasteiger partial charge < -0.3 is 4.74 Å². The Kier molecular flexibility index (Phi) is 5.86. The van der Waals surface area contributed by atoms with Crippen molar-refractivity contribution in [1.29, 1.82) is 0 Å². The largest absolute Gasteiger partial charge is 0.466 e. The van der Waals surface area contributed by atoms with Crippen LogP contribution >= 0.6 is 11.6 Å². The van der Waals surface area contributed by atoms with E-state index in [0.717, 1.165) is 0 Å². The topological polar surface area (TPSA) is 26.3 Å². The van der Waals surface area contributed by atoms with E-state index in [2.05, 4.69) is 33.8 Å². The number of hydrogen-bond donors (Lipinski definition) is 0. The fourth-order valence-electron chi connectivity index (χ4n) is 2.34. The Bertz CT molecular complexity index is 440. The summed E-state index contributed by atoms with van der Waals surface area (Å²) in [5.74, 6) is -0.173. The molecule has 1 atom stereocenters. The summed E-state index contributed by atoms with van der Waals surface area (Å²) in [7, 11) is 0. The molecular formula is C16H23ClO2. The number of halogens is 1. The van der Waals surface area contributed by atoms with Crippen molar-refractivity contribution in [2.75, 3.05) is 6.61 Å². The summed E-state index contributed by atoms with van der Waals surface area (Å²) in [6.45, 7) is 10.6. The quantitative estimate of drug-likeness (QED) is 0.585. The smallest absolute Gasteiger partial charge is 0.305 e. The van der Waals surface area contributed by atoms with Gasteiger partial charge in [-0.25, -0.2) is 0 Å². The van der Waals surface area contributed by atoms with Crippen molar-refractivity contribution in [2.45, 2.75) is 52.8 Å². The summed E-state index contributed by atoms with van der Waals surface area (Å²) in [6.07, 6.45) is 0.985. The third kappa shape index (κ3) is 3.97. The number of alkyl halides is 1. The minimum atomic E-state index is -0.173. The zero-order valence-corrected chi connectivity index (χ0v) is 13.2. The van der Waals surface area contributed by atoms with E-state index < -0.39 is 0 Å². The van der Waals surface area contributed by atoms with Crippen molar-refractivity contribution >= 4 is 17.6 Å².